The predicted octanol–water partition coefficient (Wildman–Crippen LogP) is 1.99. The summed E-state index contributed by atoms with van der Waals surface area (Å²) in [6.45, 7) is 3.66. The van der Waals surface area contributed by atoms with Gasteiger partial charge in [-0.05, 0) is 6.92 Å². The highest BCUT2D eigenvalue weighted by Gasteiger charge is 2.13. The molecular weight excluding hydrogens is 208 g/mol. The lowest BCUT2D eigenvalue weighted by molar-refractivity contribution is 0.196. The van der Waals surface area contributed by atoms with Gasteiger partial charge in [0.15, 0.2) is 5.15 Å². The third kappa shape index (κ3) is 3.14. The number of halogens is 1. The summed E-state index contributed by atoms with van der Waals surface area (Å²) in [5.41, 5.74) is 0. The highest BCUT2D eigenvalue weighted by Crippen LogP contribution is 2.27. The van der Waals surface area contributed by atoms with Gasteiger partial charge < -0.3 is 5.11 Å². The number of aliphatic hydroxyl groups excluding tert-OH is 1. The number of hydrogen-bond acceptors (Lipinski definition) is 4. The molecule has 0 aromatic carbocycles. The summed E-state index contributed by atoms with van der Waals surface area (Å²) in [5.74, 6) is 0. The van der Waals surface area contributed by atoms with Gasteiger partial charge in [-0.25, -0.2) is 9.97 Å². The van der Waals surface area contributed by atoms with Gasteiger partial charge in [0.05, 0.1) is 6.10 Å². The third-order valence-corrected chi connectivity index (χ3v) is 3.28. The van der Waals surface area contributed by atoms with Crippen LogP contribution in [0.2, 0.25) is 5.15 Å². The molecule has 0 spiro atoms. The fraction of sp³-hybridized carbons (Fsp3) is 0.500. The molecule has 0 aliphatic carbocycles. The van der Waals surface area contributed by atoms with Crippen molar-refractivity contribution in [3.8, 4) is 0 Å². The predicted molar refractivity (Wildman–Crippen MR) is 54.0 cm³/mol. The molecule has 0 saturated carbocycles. The molecule has 72 valence electrons. The Morgan fingerprint density at radius 3 is 2.54 bits per heavy atom. The van der Waals surface area contributed by atoms with Crippen LogP contribution in [0.15, 0.2) is 17.4 Å². The summed E-state index contributed by atoms with van der Waals surface area (Å²) in [6.07, 6.45) is 2.74. The van der Waals surface area contributed by atoms with Crippen LogP contribution in [-0.2, 0) is 0 Å². The molecule has 0 aliphatic rings. The van der Waals surface area contributed by atoms with Crippen LogP contribution in [0.25, 0.3) is 0 Å². The highest BCUT2D eigenvalue weighted by molar-refractivity contribution is 8.00. The van der Waals surface area contributed by atoms with E-state index in [0.29, 0.717) is 10.2 Å². The van der Waals surface area contributed by atoms with Crippen molar-refractivity contribution in [3.63, 3.8) is 0 Å². The first-order valence-electron chi connectivity index (χ1n) is 3.92. The fourth-order valence-corrected chi connectivity index (χ4v) is 1.72. The quantitative estimate of drug-likeness (QED) is 0.789. The first-order chi connectivity index (χ1) is 6.11. The van der Waals surface area contributed by atoms with Gasteiger partial charge in [0.1, 0.15) is 5.03 Å². The van der Waals surface area contributed by atoms with E-state index >= 15 is 0 Å². The average molecular weight is 219 g/mol. The summed E-state index contributed by atoms with van der Waals surface area (Å²) in [5, 5.41) is 10.4. The topological polar surface area (TPSA) is 46.0 Å². The van der Waals surface area contributed by atoms with Crippen LogP contribution in [0.4, 0.5) is 0 Å². The summed E-state index contributed by atoms with van der Waals surface area (Å²) >= 11 is 7.22. The van der Waals surface area contributed by atoms with E-state index in [2.05, 4.69) is 9.97 Å². The zero-order valence-corrected chi connectivity index (χ0v) is 9.01. The minimum absolute atomic E-state index is 0.0641. The molecule has 0 fully saturated rings. The second-order valence-electron chi connectivity index (χ2n) is 2.72. The molecule has 3 nitrogen and oxygen atoms in total. The van der Waals surface area contributed by atoms with E-state index in [4.69, 9.17) is 11.6 Å². The highest BCUT2D eigenvalue weighted by atomic mass is 35.5. The zero-order valence-electron chi connectivity index (χ0n) is 7.44. The number of hydrogen-bond donors (Lipinski definition) is 1. The Morgan fingerprint density at radius 2 is 2.00 bits per heavy atom. The van der Waals surface area contributed by atoms with E-state index in [-0.39, 0.29) is 11.4 Å². The van der Waals surface area contributed by atoms with Gasteiger partial charge in [-0.3, -0.25) is 0 Å². The van der Waals surface area contributed by atoms with Crippen molar-refractivity contribution in [2.24, 2.45) is 0 Å². The third-order valence-electron chi connectivity index (χ3n) is 1.60. The van der Waals surface area contributed by atoms with Crippen molar-refractivity contribution in [1.82, 2.24) is 9.97 Å². The van der Waals surface area contributed by atoms with Gasteiger partial charge in [0.2, 0.25) is 0 Å². The summed E-state index contributed by atoms with van der Waals surface area (Å²) in [6, 6.07) is 0. The number of nitrogens with zero attached hydrogens (tertiary/aromatic N) is 2. The standard InChI is InChI=1S/C8H11ClN2OS/c1-5(12)6(2)13-8-7(9)10-3-4-11-8/h3-6,12H,1-2H3. The van der Waals surface area contributed by atoms with Crippen molar-refractivity contribution in [1.29, 1.82) is 0 Å². The minimum Gasteiger partial charge on any atom is -0.392 e. The first-order valence-corrected chi connectivity index (χ1v) is 5.18. The molecule has 1 rings (SSSR count). The van der Waals surface area contributed by atoms with Gasteiger partial charge in [-0.15, -0.1) is 0 Å². The van der Waals surface area contributed by atoms with Crippen molar-refractivity contribution in [2.45, 2.75) is 30.2 Å². The van der Waals surface area contributed by atoms with Crippen LogP contribution < -0.4 is 0 Å². The second-order valence-corrected chi connectivity index (χ2v) is 4.44. The molecule has 0 amide bonds. The maximum absolute atomic E-state index is 9.26. The van der Waals surface area contributed by atoms with Crippen molar-refractivity contribution < 1.29 is 5.11 Å². The zero-order chi connectivity index (χ0) is 9.84. The Balaban J connectivity index is 2.69. The van der Waals surface area contributed by atoms with Crippen molar-refractivity contribution in [3.05, 3.63) is 17.5 Å². The second kappa shape index (κ2) is 4.79. The molecule has 0 radical (unpaired) electrons. The number of thioether (sulfide) groups is 1. The molecule has 2 unspecified atom stereocenters. The fourth-order valence-electron chi connectivity index (χ4n) is 0.662. The Morgan fingerprint density at radius 1 is 1.38 bits per heavy atom. The average Bonchev–Trinajstić information content (AvgIpc) is 2.08. The van der Waals surface area contributed by atoms with Crippen molar-refractivity contribution >= 4 is 23.4 Å². The van der Waals surface area contributed by atoms with E-state index in [1.165, 1.54) is 11.8 Å². The number of rotatable bonds is 3. The molecule has 2 atom stereocenters. The Bertz CT molecular complexity index is 283. The smallest absolute Gasteiger partial charge is 0.161 e. The Kier molecular flexibility index (Phi) is 3.96. The molecule has 1 heterocycles. The van der Waals surface area contributed by atoms with Crippen LogP contribution in [0.3, 0.4) is 0 Å². The summed E-state index contributed by atoms with van der Waals surface area (Å²) < 4.78 is 0. The number of aliphatic hydroxyl groups is 1. The molecule has 0 aliphatic heterocycles. The maximum atomic E-state index is 9.26. The summed E-state index contributed by atoms with van der Waals surface area (Å²) in [4.78, 5) is 7.95. The SMILES string of the molecule is CC(O)C(C)Sc1nccnc1Cl. The van der Waals surface area contributed by atoms with Crippen LogP contribution in [0.1, 0.15) is 13.8 Å². The van der Waals surface area contributed by atoms with Crippen molar-refractivity contribution in [2.75, 3.05) is 0 Å². The van der Waals surface area contributed by atoms with E-state index in [0.717, 1.165) is 0 Å². The molecule has 5 heteroatoms. The van der Waals surface area contributed by atoms with Gasteiger partial charge in [-0.1, -0.05) is 30.3 Å². The first kappa shape index (κ1) is 10.8. The van der Waals surface area contributed by atoms with E-state index < -0.39 is 0 Å². The monoisotopic (exact) mass is 218 g/mol. The Hall–Kier alpha value is -0.320. The molecule has 0 bridgehead atoms. The van der Waals surface area contributed by atoms with Crippen LogP contribution >= 0.6 is 23.4 Å². The molecule has 1 aromatic rings. The summed E-state index contributed by atoms with van der Waals surface area (Å²) in [7, 11) is 0. The lowest BCUT2D eigenvalue weighted by atomic mass is 10.3. The lowest BCUT2D eigenvalue weighted by Crippen LogP contribution is -2.15. The maximum Gasteiger partial charge on any atom is 0.161 e. The number of aromatic nitrogens is 2. The molecule has 13 heavy (non-hydrogen) atoms. The van der Waals surface area contributed by atoms with E-state index in [1.807, 2.05) is 6.92 Å². The van der Waals surface area contributed by atoms with Gasteiger partial charge in [-0.2, -0.15) is 0 Å². The lowest BCUT2D eigenvalue weighted by Gasteiger charge is -2.13. The Labute approximate surface area is 86.6 Å². The minimum atomic E-state index is -0.386. The largest absolute Gasteiger partial charge is 0.392 e. The normalized spacial score (nSPS) is 15.4. The van der Waals surface area contributed by atoms with Crippen LogP contribution in [0.5, 0.6) is 0 Å². The molecule has 0 saturated heterocycles. The molecule has 1 N–H and O–H groups in total. The van der Waals surface area contributed by atoms with E-state index in [9.17, 15) is 5.11 Å². The molecule has 1 aromatic heterocycles. The van der Waals surface area contributed by atoms with Crippen LogP contribution in [0, 0.1) is 0 Å². The van der Waals surface area contributed by atoms with E-state index in [1.54, 1.807) is 19.3 Å². The van der Waals surface area contributed by atoms with Gasteiger partial charge >= 0.3 is 0 Å². The van der Waals surface area contributed by atoms with Gasteiger partial charge in [0.25, 0.3) is 0 Å². The van der Waals surface area contributed by atoms with Gasteiger partial charge in [0, 0.05) is 17.6 Å². The molecular formula is C8H11ClN2OS. The van der Waals surface area contributed by atoms with Crippen LogP contribution in [-0.4, -0.2) is 26.4 Å².